The number of primary amides is 1. The summed E-state index contributed by atoms with van der Waals surface area (Å²) in [6.45, 7) is 0.209. The van der Waals surface area contributed by atoms with Crippen LogP contribution in [0.2, 0.25) is 0 Å². The summed E-state index contributed by atoms with van der Waals surface area (Å²) in [5.41, 5.74) is 5.89. The second-order valence-corrected chi connectivity index (χ2v) is 8.72. The molecular weight excluding hydrogens is 492 g/mol. The first-order valence-corrected chi connectivity index (χ1v) is 11.2. The molecule has 3 aromatic rings. The second kappa shape index (κ2) is 9.49. The first kappa shape index (κ1) is 24.4. The van der Waals surface area contributed by atoms with E-state index in [2.05, 4.69) is 10.1 Å². The van der Waals surface area contributed by atoms with Gasteiger partial charge in [0.05, 0.1) is 11.2 Å². The monoisotopic (exact) mass is 510 g/mol. The lowest BCUT2D eigenvalue weighted by Crippen LogP contribution is -2.42. The Labute approximate surface area is 200 Å². The topological polar surface area (TPSA) is 107 Å². The number of ketones is 1. The van der Waals surface area contributed by atoms with E-state index in [4.69, 9.17) is 5.73 Å². The molecule has 13 heteroatoms. The Kier molecular flexibility index (Phi) is 6.61. The van der Waals surface area contributed by atoms with Crippen molar-refractivity contribution < 1.29 is 36.7 Å². The number of ether oxygens (including phenoxy) is 1. The van der Waals surface area contributed by atoms with Crippen LogP contribution in [0.4, 0.5) is 32.8 Å². The van der Waals surface area contributed by atoms with Gasteiger partial charge in [-0.05, 0) is 17.7 Å². The number of alkyl halides is 3. The van der Waals surface area contributed by atoms with Gasteiger partial charge in [0.1, 0.15) is 5.37 Å². The van der Waals surface area contributed by atoms with Crippen LogP contribution in [0.3, 0.4) is 0 Å². The van der Waals surface area contributed by atoms with Crippen molar-refractivity contribution in [3.8, 4) is 5.75 Å². The number of fused-ring (bicyclic) bond motifs is 1. The van der Waals surface area contributed by atoms with Crippen molar-refractivity contribution >= 4 is 46.2 Å². The Bertz CT molecular complexity index is 1310. The number of carbonyl (C=O) groups is 3. The number of anilines is 1. The van der Waals surface area contributed by atoms with Gasteiger partial charge in [0.25, 0.3) is 0 Å². The minimum Gasteiger partial charge on any atom is -0.403 e. The Balaban J connectivity index is 1.51. The van der Waals surface area contributed by atoms with Crippen LogP contribution in [0.25, 0.3) is 10.9 Å². The molecule has 35 heavy (non-hydrogen) atoms. The number of urea groups is 1. The molecule has 1 aliphatic rings. The third kappa shape index (κ3) is 5.19. The van der Waals surface area contributed by atoms with Gasteiger partial charge in [-0.1, -0.05) is 30.3 Å². The summed E-state index contributed by atoms with van der Waals surface area (Å²) in [5, 5.41) is 2.24. The number of benzene rings is 2. The highest BCUT2D eigenvalue weighted by Crippen LogP contribution is 2.31. The van der Waals surface area contributed by atoms with Gasteiger partial charge >= 0.3 is 18.4 Å². The van der Waals surface area contributed by atoms with Crippen LogP contribution in [0, 0.1) is 5.82 Å². The summed E-state index contributed by atoms with van der Waals surface area (Å²) in [4.78, 5) is 38.9. The number of halogens is 4. The second-order valence-electron chi connectivity index (χ2n) is 7.54. The number of para-hydroxylation sites is 1. The molecule has 184 valence electrons. The molecule has 8 nitrogen and oxygen atoms in total. The van der Waals surface area contributed by atoms with Crippen LogP contribution >= 0.6 is 11.8 Å². The van der Waals surface area contributed by atoms with E-state index in [-0.39, 0.29) is 12.1 Å². The van der Waals surface area contributed by atoms with Crippen LogP contribution in [-0.4, -0.2) is 51.3 Å². The third-order valence-corrected chi connectivity index (χ3v) is 6.50. The SMILES string of the molecule is NC(=O)n1cc(NC(=O)N2CCS[C@H]2C(=O)Cc2cccc(OC(F)(F)F)c2F)c2ccccc21. The fourth-order valence-electron chi connectivity index (χ4n) is 3.76. The summed E-state index contributed by atoms with van der Waals surface area (Å²) < 4.78 is 56.8. The molecule has 1 aliphatic heterocycles. The summed E-state index contributed by atoms with van der Waals surface area (Å²) in [6.07, 6.45) is -4.26. The average Bonchev–Trinajstić information content (AvgIpc) is 3.41. The van der Waals surface area contributed by atoms with E-state index in [1.54, 1.807) is 24.3 Å². The van der Waals surface area contributed by atoms with E-state index >= 15 is 0 Å². The zero-order valence-electron chi connectivity index (χ0n) is 17.8. The molecule has 1 fully saturated rings. The number of nitrogens with zero attached hydrogens (tertiary/aromatic N) is 2. The fourth-order valence-corrected chi connectivity index (χ4v) is 4.94. The number of amides is 3. The quantitative estimate of drug-likeness (QED) is 0.497. The number of carbonyl (C=O) groups excluding carboxylic acids is 3. The standard InChI is InChI=1S/C22H18F4N4O4S/c23-18-12(4-3-7-17(18)34-22(24,25)26)10-16(31)19-29(8-9-35-19)21(33)28-14-11-30(20(27)32)15-6-2-1-5-13(14)15/h1-7,11,19H,8-10H2,(H2,27,32)(H,28,33)/t19-/m0/s1. The van der Waals surface area contributed by atoms with Crippen LogP contribution in [-0.2, 0) is 11.2 Å². The van der Waals surface area contributed by atoms with Crippen LogP contribution in [0.15, 0.2) is 48.7 Å². The van der Waals surface area contributed by atoms with Gasteiger partial charge in [-0.25, -0.2) is 14.0 Å². The van der Waals surface area contributed by atoms with E-state index in [1.165, 1.54) is 21.7 Å². The largest absolute Gasteiger partial charge is 0.573 e. The van der Waals surface area contributed by atoms with Crippen LogP contribution in [0.5, 0.6) is 5.75 Å². The van der Waals surface area contributed by atoms with Gasteiger partial charge in [0.2, 0.25) is 0 Å². The number of aromatic nitrogens is 1. The predicted octanol–water partition coefficient (Wildman–Crippen LogP) is 4.32. The highest BCUT2D eigenvalue weighted by molar-refractivity contribution is 8.00. The predicted molar refractivity (Wildman–Crippen MR) is 121 cm³/mol. The Hall–Kier alpha value is -3.74. The van der Waals surface area contributed by atoms with Crippen molar-refractivity contribution in [2.45, 2.75) is 18.2 Å². The van der Waals surface area contributed by atoms with E-state index in [9.17, 15) is 31.9 Å². The minimum atomic E-state index is -5.09. The Morgan fingerprint density at radius 2 is 1.89 bits per heavy atom. The smallest absolute Gasteiger partial charge is 0.403 e. The zero-order chi connectivity index (χ0) is 25.3. The number of nitrogens with one attached hydrogen (secondary N) is 1. The van der Waals surface area contributed by atoms with Gasteiger partial charge in [-0.15, -0.1) is 24.9 Å². The molecule has 1 saturated heterocycles. The van der Waals surface area contributed by atoms with Crippen molar-refractivity contribution in [1.82, 2.24) is 9.47 Å². The Morgan fingerprint density at radius 1 is 1.14 bits per heavy atom. The number of hydrogen-bond donors (Lipinski definition) is 2. The third-order valence-electron chi connectivity index (χ3n) is 5.25. The Morgan fingerprint density at radius 3 is 2.60 bits per heavy atom. The van der Waals surface area contributed by atoms with E-state index < -0.39 is 47.6 Å². The summed E-state index contributed by atoms with van der Waals surface area (Å²) in [5.74, 6) is -2.48. The van der Waals surface area contributed by atoms with E-state index in [0.29, 0.717) is 22.3 Å². The minimum absolute atomic E-state index is 0.209. The average molecular weight is 510 g/mol. The lowest BCUT2D eigenvalue weighted by Gasteiger charge is -2.23. The normalized spacial score (nSPS) is 15.9. The number of rotatable bonds is 5. The maximum atomic E-state index is 14.5. The number of hydrogen-bond acceptors (Lipinski definition) is 5. The maximum absolute atomic E-state index is 14.5. The van der Waals surface area contributed by atoms with Gasteiger partial charge in [-0.3, -0.25) is 9.36 Å². The van der Waals surface area contributed by atoms with Crippen LogP contribution < -0.4 is 15.8 Å². The lowest BCUT2D eigenvalue weighted by atomic mass is 10.1. The molecule has 1 aromatic heterocycles. The highest BCUT2D eigenvalue weighted by Gasteiger charge is 2.36. The fraction of sp³-hybridized carbons (Fsp3) is 0.227. The molecule has 0 unspecified atom stereocenters. The summed E-state index contributed by atoms with van der Waals surface area (Å²) in [6, 6.07) is 8.51. The molecule has 4 rings (SSSR count). The molecule has 0 saturated carbocycles. The van der Waals surface area contributed by atoms with Gasteiger partial charge < -0.3 is 20.7 Å². The first-order chi connectivity index (χ1) is 16.5. The van der Waals surface area contributed by atoms with Crippen molar-refractivity contribution in [1.29, 1.82) is 0 Å². The zero-order valence-corrected chi connectivity index (χ0v) is 18.7. The molecule has 0 radical (unpaired) electrons. The van der Waals surface area contributed by atoms with Crippen molar-refractivity contribution in [3.63, 3.8) is 0 Å². The maximum Gasteiger partial charge on any atom is 0.573 e. The van der Waals surface area contributed by atoms with Crippen molar-refractivity contribution in [2.75, 3.05) is 17.6 Å². The number of Topliss-reactive ketones (excluding diaryl/α,β-unsaturated/α-hetero) is 1. The molecule has 3 amide bonds. The molecule has 2 heterocycles. The van der Waals surface area contributed by atoms with Gasteiger partial charge in [-0.2, -0.15) is 0 Å². The molecule has 0 bridgehead atoms. The number of thioether (sulfide) groups is 1. The summed E-state index contributed by atoms with van der Waals surface area (Å²) in [7, 11) is 0. The van der Waals surface area contributed by atoms with Gasteiger partial charge in [0, 0.05) is 30.3 Å². The van der Waals surface area contributed by atoms with E-state index in [0.717, 1.165) is 23.9 Å². The molecule has 2 aromatic carbocycles. The summed E-state index contributed by atoms with van der Waals surface area (Å²) >= 11 is 1.15. The van der Waals surface area contributed by atoms with Gasteiger partial charge in [0.15, 0.2) is 17.3 Å². The highest BCUT2D eigenvalue weighted by atomic mass is 32.2. The molecule has 3 N–H and O–H groups in total. The number of nitrogens with two attached hydrogens (primary N) is 1. The van der Waals surface area contributed by atoms with Crippen LogP contribution in [0.1, 0.15) is 5.56 Å². The molecule has 0 aliphatic carbocycles. The molecular formula is C22H18F4N4O4S. The van der Waals surface area contributed by atoms with E-state index in [1.807, 2.05) is 0 Å². The lowest BCUT2D eigenvalue weighted by molar-refractivity contribution is -0.275. The molecule has 0 spiro atoms. The van der Waals surface area contributed by atoms with Crippen molar-refractivity contribution in [2.24, 2.45) is 5.73 Å². The molecule has 1 atom stereocenters. The van der Waals surface area contributed by atoms with Crippen molar-refractivity contribution in [3.05, 3.63) is 60.0 Å². The first-order valence-electron chi connectivity index (χ1n) is 10.2.